The van der Waals surface area contributed by atoms with Gasteiger partial charge in [0.2, 0.25) is 0 Å². The first kappa shape index (κ1) is 9.78. The van der Waals surface area contributed by atoms with Crippen LogP contribution >= 0.6 is 23.2 Å². The Bertz CT molecular complexity index is 165. The molecule has 0 aromatic rings. The van der Waals surface area contributed by atoms with Crippen LogP contribution in [0.2, 0.25) is 0 Å². The second kappa shape index (κ2) is 3.83. The molecular weight excluding hydrogens is 195 g/mol. The van der Waals surface area contributed by atoms with Gasteiger partial charge in [-0.3, -0.25) is 0 Å². The molecule has 0 amide bonds. The van der Waals surface area contributed by atoms with Crippen molar-refractivity contribution in [3.63, 3.8) is 0 Å². The first-order valence-corrected chi connectivity index (χ1v) is 2.64. The average Bonchev–Trinajstić information content (AvgIpc) is 1.84. The Balaban J connectivity index is 4.71. The maximum Gasteiger partial charge on any atom is 0.290 e. The van der Waals surface area contributed by atoms with Crippen molar-refractivity contribution in [1.82, 2.24) is 0 Å². The number of rotatable bonds is 1. The highest BCUT2D eigenvalue weighted by Crippen LogP contribution is 2.28. The minimum Gasteiger partial charge on any atom is -0.172 e. The first-order valence-electron chi connectivity index (χ1n) is 1.88. The molecule has 0 aromatic heterocycles. The van der Waals surface area contributed by atoms with Gasteiger partial charge in [0.25, 0.3) is 12.2 Å². The van der Waals surface area contributed by atoms with Gasteiger partial charge in [-0.2, -0.15) is 17.6 Å². The van der Waals surface area contributed by atoms with Crippen molar-refractivity contribution in [2.24, 2.45) is 0 Å². The van der Waals surface area contributed by atoms with Gasteiger partial charge in [-0.25, -0.2) is 0 Å². The number of allylic oxidation sites excluding steroid dienone is 2. The molecular formula is C4Cl2F4. The zero-order valence-corrected chi connectivity index (χ0v) is 5.78. The third kappa shape index (κ3) is 2.58. The van der Waals surface area contributed by atoms with Crippen LogP contribution in [0.5, 0.6) is 0 Å². The van der Waals surface area contributed by atoms with Gasteiger partial charge in [0.05, 0.1) is 0 Å². The Labute approximate surface area is 63.7 Å². The van der Waals surface area contributed by atoms with Gasteiger partial charge in [-0.05, 0) is 0 Å². The van der Waals surface area contributed by atoms with E-state index in [1.807, 2.05) is 0 Å². The van der Waals surface area contributed by atoms with Gasteiger partial charge in [-0.15, -0.1) is 0 Å². The molecule has 0 radical (unpaired) electrons. The second-order valence-electron chi connectivity index (χ2n) is 1.15. The molecule has 6 heteroatoms. The highest BCUT2D eigenvalue weighted by atomic mass is 35.5. The zero-order chi connectivity index (χ0) is 8.31. The summed E-state index contributed by atoms with van der Waals surface area (Å²) in [7, 11) is 0. The second-order valence-corrected chi connectivity index (χ2v) is 1.90. The van der Waals surface area contributed by atoms with E-state index in [1.165, 1.54) is 0 Å². The van der Waals surface area contributed by atoms with Crippen LogP contribution in [0.4, 0.5) is 17.6 Å². The third-order valence-corrected chi connectivity index (χ3v) is 1.28. The van der Waals surface area contributed by atoms with Gasteiger partial charge < -0.3 is 0 Å². The molecule has 0 aliphatic rings. The Hall–Kier alpha value is -0.220. The highest BCUT2D eigenvalue weighted by Gasteiger charge is 2.12. The molecule has 0 atom stereocenters. The molecule has 0 spiro atoms. The van der Waals surface area contributed by atoms with Crippen LogP contribution in [0.3, 0.4) is 0 Å². The summed E-state index contributed by atoms with van der Waals surface area (Å²) in [5, 5.41) is -2.83. The summed E-state index contributed by atoms with van der Waals surface area (Å²) in [6.45, 7) is 0. The molecule has 0 rings (SSSR count). The minimum atomic E-state index is -2.43. The van der Waals surface area contributed by atoms with Gasteiger partial charge in [-0.1, -0.05) is 23.2 Å². The summed E-state index contributed by atoms with van der Waals surface area (Å²) in [6.07, 6.45) is -4.86. The lowest BCUT2D eigenvalue weighted by Gasteiger charge is -1.90. The lowest BCUT2D eigenvalue weighted by molar-refractivity contribution is 0.406. The minimum absolute atomic E-state index is 1.42. The molecule has 0 aliphatic carbocycles. The van der Waals surface area contributed by atoms with Crippen LogP contribution in [-0.4, -0.2) is 0 Å². The summed E-state index contributed by atoms with van der Waals surface area (Å²) in [5.41, 5.74) is 0. The standard InChI is InChI=1S/C4Cl2F4/c5-1(3(7)8)2(6)4(9)10. The first-order chi connectivity index (χ1) is 4.46. The summed E-state index contributed by atoms with van der Waals surface area (Å²) >= 11 is 9.24. The highest BCUT2D eigenvalue weighted by molar-refractivity contribution is 6.44. The fourth-order valence-electron chi connectivity index (χ4n) is 0.166. The van der Waals surface area contributed by atoms with Crippen LogP contribution in [0.1, 0.15) is 0 Å². The van der Waals surface area contributed by atoms with Crippen molar-refractivity contribution >= 4 is 23.2 Å². The topological polar surface area (TPSA) is 0 Å². The molecule has 0 heterocycles. The van der Waals surface area contributed by atoms with E-state index in [2.05, 4.69) is 23.2 Å². The van der Waals surface area contributed by atoms with E-state index in [9.17, 15) is 17.6 Å². The smallest absolute Gasteiger partial charge is 0.172 e. The SMILES string of the molecule is FC(F)=C(Cl)C(Cl)=C(F)F. The van der Waals surface area contributed by atoms with Gasteiger partial charge in [0, 0.05) is 0 Å². The van der Waals surface area contributed by atoms with Crippen molar-refractivity contribution in [2.45, 2.75) is 0 Å². The number of halogens is 6. The Morgan fingerprint density at radius 1 is 0.700 bits per heavy atom. The van der Waals surface area contributed by atoms with Gasteiger partial charge in [0.1, 0.15) is 10.1 Å². The van der Waals surface area contributed by atoms with Crippen LogP contribution in [0.25, 0.3) is 0 Å². The third-order valence-electron chi connectivity index (χ3n) is 0.525. The van der Waals surface area contributed by atoms with Gasteiger partial charge in [0.15, 0.2) is 0 Å². The van der Waals surface area contributed by atoms with E-state index in [0.29, 0.717) is 0 Å². The Morgan fingerprint density at radius 2 is 0.900 bits per heavy atom. The van der Waals surface area contributed by atoms with Crippen molar-refractivity contribution in [3.05, 3.63) is 22.2 Å². The summed E-state index contributed by atoms with van der Waals surface area (Å²) < 4.78 is 45.3. The molecule has 0 bridgehead atoms. The maximum atomic E-state index is 11.3. The summed E-state index contributed by atoms with van der Waals surface area (Å²) in [5.74, 6) is 0. The lowest BCUT2D eigenvalue weighted by atomic mass is 10.6. The van der Waals surface area contributed by atoms with Gasteiger partial charge >= 0.3 is 0 Å². The van der Waals surface area contributed by atoms with E-state index in [0.717, 1.165) is 0 Å². The predicted octanol–water partition coefficient (Wildman–Crippen LogP) is 3.68. The predicted molar refractivity (Wildman–Crippen MR) is 30.2 cm³/mol. The largest absolute Gasteiger partial charge is 0.290 e. The molecule has 0 saturated carbocycles. The Morgan fingerprint density at radius 3 is 1.00 bits per heavy atom. The molecule has 0 unspecified atom stereocenters. The van der Waals surface area contributed by atoms with Crippen LogP contribution < -0.4 is 0 Å². The average molecular weight is 195 g/mol. The molecule has 0 N–H and O–H groups in total. The monoisotopic (exact) mass is 194 g/mol. The molecule has 58 valence electrons. The normalized spacial score (nSPS) is 9.00. The summed E-state index contributed by atoms with van der Waals surface area (Å²) in [4.78, 5) is 0. The lowest BCUT2D eigenvalue weighted by Crippen LogP contribution is -1.76. The van der Waals surface area contributed by atoms with E-state index < -0.39 is 22.2 Å². The fourth-order valence-corrected chi connectivity index (χ4v) is 0.309. The van der Waals surface area contributed by atoms with E-state index in [-0.39, 0.29) is 0 Å². The van der Waals surface area contributed by atoms with Crippen LogP contribution in [0.15, 0.2) is 22.2 Å². The molecule has 0 nitrogen and oxygen atoms in total. The van der Waals surface area contributed by atoms with Crippen LogP contribution in [-0.2, 0) is 0 Å². The molecule has 0 saturated heterocycles. The maximum absolute atomic E-state index is 11.3. The quantitative estimate of drug-likeness (QED) is 0.442. The molecule has 10 heavy (non-hydrogen) atoms. The molecule has 0 aliphatic heterocycles. The van der Waals surface area contributed by atoms with Crippen molar-refractivity contribution in [2.75, 3.05) is 0 Å². The van der Waals surface area contributed by atoms with E-state index in [1.54, 1.807) is 0 Å². The van der Waals surface area contributed by atoms with Crippen molar-refractivity contribution in [1.29, 1.82) is 0 Å². The fraction of sp³-hybridized carbons (Fsp3) is 0. The van der Waals surface area contributed by atoms with E-state index >= 15 is 0 Å². The van der Waals surface area contributed by atoms with Crippen LogP contribution in [0, 0.1) is 0 Å². The van der Waals surface area contributed by atoms with E-state index in [4.69, 9.17) is 0 Å². The Kier molecular flexibility index (Phi) is 3.75. The number of hydrogen-bond donors (Lipinski definition) is 0. The summed E-state index contributed by atoms with van der Waals surface area (Å²) in [6, 6.07) is 0. The van der Waals surface area contributed by atoms with Crippen molar-refractivity contribution in [3.8, 4) is 0 Å². The number of hydrogen-bond acceptors (Lipinski definition) is 0. The molecule has 0 fully saturated rings. The molecule has 0 aromatic carbocycles. The zero-order valence-electron chi connectivity index (χ0n) is 4.27. The van der Waals surface area contributed by atoms with Crippen molar-refractivity contribution < 1.29 is 17.6 Å².